The van der Waals surface area contributed by atoms with Gasteiger partial charge in [-0.2, -0.15) is 0 Å². The first-order chi connectivity index (χ1) is 7.25. The molecule has 0 aromatic heterocycles. The maximum atomic E-state index is 13.1. The molecule has 1 rings (SSSR count). The molecule has 1 N–H and O–H groups in total. The van der Waals surface area contributed by atoms with Crippen LogP contribution in [0.5, 0.6) is 0 Å². The lowest BCUT2D eigenvalue weighted by Gasteiger charge is -2.06. The summed E-state index contributed by atoms with van der Waals surface area (Å²) in [5.41, 5.74) is 0.986. The molecule has 0 aliphatic carbocycles. The van der Waals surface area contributed by atoms with Crippen molar-refractivity contribution in [1.82, 2.24) is 5.32 Å². The minimum atomic E-state index is -0.204. The number of methoxy groups -OCH3 is 1. The summed E-state index contributed by atoms with van der Waals surface area (Å²) < 4.78 is 18.6. The number of hydrogen-bond donors (Lipinski definition) is 1. The van der Waals surface area contributed by atoms with Crippen molar-refractivity contribution in [3.63, 3.8) is 0 Å². The van der Waals surface area contributed by atoms with E-state index < -0.39 is 0 Å². The van der Waals surface area contributed by atoms with Crippen LogP contribution in [0.3, 0.4) is 0 Å². The lowest BCUT2D eigenvalue weighted by atomic mass is 10.1. The summed E-state index contributed by atoms with van der Waals surface area (Å²) in [6, 6.07) is 5.10. The highest BCUT2D eigenvalue weighted by Crippen LogP contribution is 2.20. The SMILES string of the molecule is COCCNCCc1cccc(F)c1Br. The molecule has 0 fully saturated rings. The Balaban J connectivity index is 2.34. The lowest BCUT2D eigenvalue weighted by molar-refractivity contribution is 0.199. The van der Waals surface area contributed by atoms with Gasteiger partial charge in [0.25, 0.3) is 0 Å². The van der Waals surface area contributed by atoms with Crippen LogP contribution in [0.4, 0.5) is 4.39 Å². The molecule has 0 aliphatic heterocycles. The average molecular weight is 276 g/mol. The van der Waals surface area contributed by atoms with Crippen molar-refractivity contribution in [1.29, 1.82) is 0 Å². The molecule has 84 valence electrons. The summed E-state index contributed by atoms with van der Waals surface area (Å²) >= 11 is 3.24. The van der Waals surface area contributed by atoms with E-state index in [1.807, 2.05) is 6.07 Å². The smallest absolute Gasteiger partial charge is 0.137 e. The predicted molar refractivity (Wildman–Crippen MR) is 62.5 cm³/mol. The Kier molecular flexibility index (Phi) is 5.83. The molecule has 0 heterocycles. The quantitative estimate of drug-likeness (QED) is 0.805. The van der Waals surface area contributed by atoms with Gasteiger partial charge >= 0.3 is 0 Å². The van der Waals surface area contributed by atoms with Crippen LogP contribution in [-0.2, 0) is 11.2 Å². The minimum Gasteiger partial charge on any atom is -0.383 e. The molecule has 0 bridgehead atoms. The first-order valence-corrected chi connectivity index (χ1v) is 5.67. The molecule has 0 aliphatic rings. The van der Waals surface area contributed by atoms with Crippen LogP contribution in [0.15, 0.2) is 22.7 Å². The van der Waals surface area contributed by atoms with Gasteiger partial charge in [-0.15, -0.1) is 0 Å². The van der Waals surface area contributed by atoms with E-state index in [1.165, 1.54) is 6.07 Å². The van der Waals surface area contributed by atoms with Crippen LogP contribution in [0.25, 0.3) is 0 Å². The lowest BCUT2D eigenvalue weighted by Crippen LogP contribution is -2.21. The zero-order valence-corrected chi connectivity index (χ0v) is 10.3. The molecule has 15 heavy (non-hydrogen) atoms. The van der Waals surface area contributed by atoms with Crippen molar-refractivity contribution in [3.8, 4) is 0 Å². The number of nitrogens with one attached hydrogen (secondary N) is 1. The van der Waals surface area contributed by atoms with Gasteiger partial charge in [0.1, 0.15) is 5.82 Å². The van der Waals surface area contributed by atoms with E-state index in [1.54, 1.807) is 13.2 Å². The Morgan fingerprint density at radius 1 is 1.40 bits per heavy atom. The second kappa shape index (κ2) is 6.93. The molecule has 0 radical (unpaired) electrons. The monoisotopic (exact) mass is 275 g/mol. The Morgan fingerprint density at radius 2 is 2.20 bits per heavy atom. The maximum absolute atomic E-state index is 13.1. The molecular weight excluding hydrogens is 261 g/mol. The Bertz CT molecular complexity index is 307. The van der Waals surface area contributed by atoms with E-state index in [0.29, 0.717) is 11.1 Å². The highest BCUT2D eigenvalue weighted by molar-refractivity contribution is 9.10. The van der Waals surface area contributed by atoms with E-state index in [2.05, 4.69) is 21.2 Å². The van der Waals surface area contributed by atoms with E-state index in [9.17, 15) is 4.39 Å². The van der Waals surface area contributed by atoms with Gasteiger partial charge in [-0.3, -0.25) is 0 Å². The van der Waals surface area contributed by atoms with Gasteiger partial charge in [-0.1, -0.05) is 12.1 Å². The average Bonchev–Trinajstić information content (AvgIpc) is 2.24. The molecule has 1 aromatic carbocycles. The van der Waals surface area contributed by atoms with Gasteiger partial charge in [0, 0.05) is 13.7 Å². The molecular formula is C11H15BrFNO. The zero-order chi connectivity index (χ0) is 11.1. The van der Waals surface area contributed by atoms with Crippen LogP contribution in [0.1, 0.15) is 5.56 Å². The van der Waals surface area contributed by atoms with E-state index in [-0.39, 0.29) is 5.82 Å². The first kappa shape index (κ1) is 12.6. The van der Waals surface area contributed by atoms with Gasteiger partial charge in [0.15, 0.2) is 0 Å². The highest BCUT2D eigenvalue weighted by Gasteiger charge is 2.03. The van der Waals surface area contributed by atoms with Crippen LogP contribution in [-0.4, -0.2) is 26.8 Å². The number of ether oxygens (including phenoxy) is 1. The number of rotatable bonds is 6. The molecule has 0 saturated heterocycles. The van der Waals surface area contributed by atoms with E-state index >= 15 is 0 Å². The first-order valence-electron chi connectivity index (χ1n) is 4.88. The molecule has 0 saturated carbocycles. The largest absolute Gasteiger partial charge is 0.383 e. The van der Waals surface area contributed by atoms with Crippen molar-refractivity contribution in [2.75, 3.05) is 26.8 Å². The molecule has 0 amide bonds. The fourth-order valence-electron chi connectivity index (χ4n) is 1.26. The van der Waals surface area contributed by atoms with E-state index in [0.717, 1.165) is 25.1 Å². The molecule has 0 atom stereocenters. The third kappa shape index (κ3) is 4.28. The van der Waals surface area contributed by atoms with Crippen molar-refractivity contribution >= 4 is 15.9 Å². The summed E-state index contributed by atoms with van der Waals surface area (Å²) in [4.78, 5) is 0. The number of halogens is 2. The van der Waals surface area contributed by atoms with Crippen LogP contribution in [0, 0.1) is 5.82 Å². The summed E-state index contributed by atoms with van der Waals surface area (Å²) in [6.07, 6.45) is 0.808. The van der Waals surface area contributed by atoms with Gasteiger partial charge in [0.05, 0.1) is 11.1 Å². The van der Waals surface area contributed by atoms with Crippen molar-refractivity contribution in [3.05, 3.63) is 34.1 Å². The fraction of sp³-hybridized carbons (Fsp3) is 0.455. The maximum Gasteiger partial charge on any atom is 0.137 e. The molecule has 0 unspecified atom stereocenters. The van der Waals surface area contributed by atoms with E-state index in [4.69, 9.17) is 4.74 Å². The molecule has 2 nitrogen and oxygen atoms in total. The minimum absolute atomic E-state index is 0.204. The van der Waals surface area contributed by atoms with Crippen LogP contribution in [0.2, 0.25) is 0 Å². The van der Waals surface area contributed by atoms with Crippen molar-refractivity contribution < 1.29 is 9.13 Å². The predicted octanol–water partition coefficient (Wildman–Crippen LogP) is 2.37. The fourth-order valence-corrected chi connectivity index (χ4v) is 1.73. The Morgan fingerprint density at radius 3 is 2.93 bits per heavy atom. The zero-order valence-electron chi connectivity index (χ0n) is 8.72. The Hall–Kier alpha value is -0.450. The summed E-state index contributed by atoms with van der Waals surface area (Å²) in [5, 5.41) is 3.21. The van der Waals surface area contributed by atoms with Gasteiger partial charge < -0.3 is 10.1 Å². The standard InChI is InChI=1S/C11H15BrFNO/c1-15-8-7-14-6-5-9-3-2-4-10(13)11(9)12/h2-4,14H,5-8H2,1H3. The van der Waals surface area contributed by atoms with Gasteiger partial charge in [-0.25, -0.2) is 4.39 Å². The number of hydrogen-bond acceptors (Lipinski definition) is 2. The van der Waals surface area contributed by atoms with Crippen LogP contribution >= 0.6 is 15.9 Å². The second-order valence-corrected chi connectivity index (χ2v) is 4.00. The van der Waals surface area contributed by atoms with Crippen molar-refractivity contribution in [2.45, 2.75) is 6.42 Å². The molecule has 4 heteroatoms. The Labute approximate surface area is 98.0 Å². The third-order valence-electron chi connectivity index (χ3n) is 2.09. The summed E-state index contributed by atoms with van der Waals surface area (Å²) in [6.45, 7) is 2.35. The topological polar surface area (TPSA) is 21.3 Å². The number of benzene rings is 1. The molecule has 1 aromatic rings. The molecule has 0 spiro atoms. The summed E-state index contributed by atoms with van der Waals surface area (Å²) in [7, 11) is 1.67. The van der Waals surface area contributed by atoms with Crippen molar-refractivity contribution in [2.24, 2.45) is 0 Å². The third-order valence-corrected chi connectivity index (χ3v) is 2.97. The van der Waals surface area contributed by atoms with Gasteiger partial charge in [0.2, 0.25) is 0 Å². The highest BCUT2D eigenvalue weighted by atomic mass is 79.9. The normalized spacial score (nSPS) is 10.6. The van der Waals surface area contributed by atoms with Gasteiger partial charge in [-0.05, 0) is 40.5 Å². The van der Waals surface area contributed by atoms with Crippen LogP contribution < -0.4 is 5.32 Å². The summed E-state index contributed by atoms with van der Waals surface area (Å²) in [5.74, 6) is -0.204. The second-order valence-electron chi connectivity index (χ2n) is 3.21.